The summed E-state index contributed by atoms with van der Waals surface area (Å²) in [5.41, 5.74) is 1.04. The van der Waals surface area contributed by atoms with Gasteiger partial charge < -0.3 is 10.1 Å². The number of hydrogen-bond donors (Lipinski definition) is 1. The Morgan fingerprint density at radius 2 is 1.71 bits per heavy atom. The molecule has 168 valence electrons. The highest BCUT2D eigenvalue weighted by molar-refractivity contribution is 7.92. The van der Waals surface area contributed by atoms with Crippen molar-refractivity contribution in [2.75, 3.05) is 24.0 Å². The minimum Gasteiger partial charge on any atom is -0.378 e. The molecule has 7 heteroatoms. The molecule has 0 saturated heterocycles. The molecule has 6 nitrogen and oxygen atoms in total. The SMILES string of the molecule is CCN(c1ccc(C(=O)NCCCOC2CCCCC2)cc1)S(=O)(=O)c1ccccc1. The van der Waals surface area contributed by atoms with Crippen LogP contribution in [-0.2, 0) is 14.8 Å². The lowest BCUT2D eigenvalue weighted by molar-refractivity contribution is 0.0273. The topological polar surface area (TPSA) is 75.7 Å². The van der Waals surface area contributed by atoms with E-state index in [9.17, 15) is 13.2 Å². The van der Waals surface area contributed by atoms with Crippen LogP contribution in [0.15, 0.2) is 59.5 Å². The fourth-order valence-electron chi connectivity index (χ4n) is 3.85. The predicted octanol–water partition coefficient (Wildman–Crippen LogP) is 4.37. The largest absolute Gasteiger partial charge is 0.378 e. The molecule has 1 saturated carbocycles. The van der Waals surface area contributed by atoms with Crippen molar-refractivity contribution in [2.45, 2.75) is 56.4 Å². The molecule has 2 aromatic rings. The Balaban J connectivity index is 1.52. The molecule has 0 aliphatic heterocycles. The summed E-state index contributed by atoms with van der Waals surface area (Å²) >= 11 is 0. The van der Waals surface area contributed by atoms with E-state index in [1.807, 2.05) is 0 Å². The third kappa shape index (κ3) is 6.31. The van der Waals surface area contributed by atoms with Gasteiger partial charge in [-0.05, 0) is 62.6 Å². The van der Waals surface area contributed by atoms with Crippen LogP contribution in [0.5, 0.6) is 0 Å². The normalized spacial score (nSPS) is 14.9. The molecule has 0 spiro atoms. The zero-order chi connectivity index (χ0) is 22.1. The number of hydrogen-bond acceptors (Lipinski definition) is 4. The van der Waals surface area contributed by atoms with Gasteiger partial charge in [0.1, 0.15) is 0 Å². The quantitative estimate of drug-likeness (QED) is 0.552. The van der Waals surface area contributed by atoms with Crippen LogP contribution in [0.1, 0.15) is 55.8 Å². The molecular formula is C24H32N2O4S. The number of amides is 1. The van der Waals surface area contributed by atoms with Crippen LogP contribution in [0.25, 0.3) is 0 Å². The number of anilines is 1. The molecule has 1 aliphatic rings. The average molecular weight is 445 g/mol. The van der Waals surface area contributed by atoms with Crippen LogP contribution in [0.3, 0.4) is 0 Å². The van der Waals surface area contributed by atoms with Gasteiger partial charge in [0.2, 0.25) is 0 Å². The van der Waals surface area contributed by atoms with Gasteiger partial charge in [0.25, 0.3) is 15.9 Å². The maximum Gasteiger partial charge on any atom is 0.264 e. The van der Waals surface area contributed by atoms with Gasteiger partial charge in [-0.3, -0.25) is 9.10 Å². The summed E-state index contributed by atoms with van der Waals surface area (Å²) in [6.07, 6.45) is 7.26. The van der Waals surface area contributed by atoms with E-state index < -0.39 is 10.0 Å². The molecule has 1 fully saturated rings. The Hall–Kier alpha value is -2.38. The Morgan fingerprint density at radius 3 is 2.35 bits per heavy atom. The van der Waals surface area contributed by atoms with Gasteiger partial charge in [0, 0.05) is 25.3 Å². The minimum atomic E-state index is -3.65. The number of nitrogens with one attached hydrogen (secondary N) is 1. The van der Waals surface area contributed by atoms with Gasteiger partial charge in [-0.25, -0.2) is 8.42 Å². The lowest BCUT2D eigenvalue weighted by atomic mass is 9.98. The average Bonchev–Trinajstić information content (AvgIpc) is 2.81. The molecule has 0 bridgehead atoms. The number of sulfonamides is 1. The van der Waals surface area contributed by atoms with Crippen molar-refractivity contribution in [1.82, 2.24) is 5.32 Å². The number of rotatable bonds is 10. The van der Waals surface area contributed by atoms with E-state index in [0.29, 0.717) is 37.1 Å². The summed E-state index contributed by atoms with van der Waals surface area (Å²) in [6, 6.07) is 15.0. The molecule has 0 aromatic heterocycles. The second-order valence-corrected chi connectivity index (χ2v) is 9.63. The molecule has 0 heterocycles. The maximum atomic E-state index is 12.9. The summed E-state index contributed by atoms with van der Waals surface area (Å²) in [4.78, 5) is 12.6. The van der Waals surface area contributed by atoms with Gasteiger partial charge in [0.15, 0.2) is 0 Å². The summed E-state index contributed by atoms with van der Waals surface area (Å²) < 4.78 is 33.1. The first-order valence-corrected chi connectivity index (χ1v) is 12.5. The first-order valence-electron chi connectivity index (χ1n) is 11.1. The van der Waals surface area contributed by atoms with Crippen molar-refractivity contribution in [3.63, 3.8) is 0 Å². The molecule has 31 heavy (non-hydrogen) atoms. The van der Waals surface area contributed by atoms with E-state index in [2.05, 4.69) is 5.32 Å². The smallest absolute Gasteiger partial charge is 0.264 e. The van der Waals surface area contributed by atoms with Gasteiger partial charge in [-0.15, -0.1) is 0 Å². The lowest BCUT2D eigenvalue weighted by Crippen LogP contribution is -2.31. The second kappa shape index (κ2) is 11.3. The van der Waals surface area contributed by atoms with Crippen molar-refractivity contribution in [2.24, 2.45) is 0 Å². The minimum absolute atomic E-state index is 0.168. The first-order chi connectivity index (χ1) is 15.0. The first kappa shape index (κ1) is 23.3. The molecule has 1 amide bonds. The highest BCUT2D eigenvalue weighted by atomic mass is 32.2. The van der Waals surface area contributed by atoms with Crippen molar-refractivity contribution in [3.05, 3.63) is 60.2 Å². The summed E-state index contributed by atoms with van der Waals surface area (Å²) in [5, 5.41) is 2.90. The van der Waals surface area contributed by atoms with Crippen LogP contribution >= 0.6 is 0 Å². The van der Waals surface area contributed by atoms with Crippen molar-refractivity contribution in [1.29, 1.82) is 0 Å². The summed E-state index contributed by atoms with van der Waals surface area (Å²) in [7, 11) is -3.65. The van der Waals surface area contributed by atoms with Crippen molar-refractivity contribution in [3.8, 4) is 0 Å². The van der Waals surface area contributed by atoms with E-state index in [1.54, 1.807) is 61.5 Å². The highest BCUT2D eigenvalue weighted by Crippen LogP contribution is 2.24. The van der Waals surface area contributed by atoms with E-state index in [0.717, 1.165) is 19.3 Å². The van der Waals surface area contributed by atoms with Crippen molar-refractivity contribution < 1.29 is 17.9 Å². The monoisotopic (exact) mass is 444 g/mol. The Kier molecular flexibility index (Phi) is 8.49. The van der Waals surface area contributed by atoms with E-state index in [-0.39, 0.29) is 10.8 Å². The standard InChI is InChI=1S/C24H32N2O4S/c1-2-26(31(28,29)23-12-7-4-8-13-23)21-16-14-20(15-17-21)24(27)25-18-9-19-30-22-10-5-3-6-11-22/h4,7-8,12-17,22H,2-3,5-6,9-11,18-19H2,1H3,(H,25,27). The lowest BCUT2D eigenvalue weighted by Gasteiger charge is -2.23. The number of benzene rings is 2. The zero-order valence-electron chi connectivity index (χ0n) is 18.1. The van der Waals surface area contributed by atoms with Crippen LogP contribution in [0, 0.1) is 0 Å². The molecule has 3 rings (SSSR count). The Bertz CT molecular complexity index is 924. The fraction of sp³-hybridized carbons (Fsp3) is 0.458. The second-order valence-electron chi connectivity index (χ2n) is 7.77. The predicted molar refractivity (Wildman–Crippen MR) is 123 cm³/mol. The molecule has 0 unspecified atom stereocenters. The fourth-order valence-corrected chi connectivity index (χ4v) is 5.34. The molecule has 0 atom stereocenters. The third-order valence-electron chi connectivity index (χ3n) is 5.55. The zero-order valence-corrected chi connectivity index (χ0v) is 18.9. The molecular weight excluding hydrogens is 412 g/mol. The molecule has 1 N–H and O–H groups in total. The Morgan fingerprint density at radius 1 is 1.03 bits per heavy atom. The Labute approximate surface area is 185 Å². The van der Waals surface area contributed by atoms with Gasteiger partial charge in [-0.1, -0.05) is 37.5 Å². The maximum absolute atomic E-state index is 12.9. The molecule has 1 aliphatic carbocycles. The summed E-state index contributed by atoms with van der Waals surface area (Å²) in [6.45, 7) is 3.30. The van der Waals surface area contributed by atoms with Crippen LogP contribution < -0.4 is 9.62 Å². The number of nitrogens with zero attached hydrogens (tertiary/aromatic N) is 1. The van der Waals surface area contributed by atoms with E-state index in [4.69, 9.17) is 4.74 Å². The highest BCUT2D eigenvalue weighted by Gasteiger charge is 2.23. The van der Waals surface area contributed by atoms with Crippen molar-refractivity contribution >= 4 is 21.6 Å². The van der Waals surface area contributed by atoms with Crippen LogP contribution in [0.4, 0.5) is 5.69 Å². The van der Waals surface area contributed by atoms with E-state index >= 15 is 0 Å². The molecule has 2 aromatic carbocycles. The number of carbonyl (C=O) groups is 1. The third-order valence-corrected chi connectivity index (χ3v) is 7.47. The molecule has 0 radical (unpaired) electrons. The van der Waals surface area contributed by atoms with Crippen LogP contribution in [-0.4, -0.2) is 40.1 Å². The van der Waals surface area contributed by atoms with E-state index in [1.165, 1.54) is 23.6 Å². The van der Waals surface area contributed by atoms with Gasteiger partial charge in [-0.2, -0.15) is 0 Å². The van der Waals surface area contributed by atoms with Gasteiger partial charge in [0.05, 0.1) is 16.7 Å². The van der Waals surface area contributed by atoms with Crippen LogP contribution in [0.2, 0.25) is 0 Å². The number of ether oxygens (including phenoxy) is 1. The summed E-state index contributed by atoms with van der Waals surface area (Å²) in [5.74, 6) is -0.168. The number of carbonyl (C=O) groups excluding carboxylic acids is 1. The van der Waals surface area contributed by atoms with Gasteiger partial charge >= 0.3 is 0 Å².